The highest BCUT2D eigenvalue weighted by Crippen LogP contribution is 2.28. The summed E-state index contributed by atoms with van der Waals surface area (Å²) in [6, 6.07) is 12.5. The van der Waals surface area contributed by atoms with E-state index in [1.807, 2.05) is 18.2 Å². The van der Waals surface area contributed by atoms with Gasteiger partial charge in [-0.25, -0.2) is 4.98 Å². The Morgan fingerprint density at radius 1 is 1.13 bits per heavy atom. The molecule has 0 fully saturated rings. The van der Waals surface area contributed by atoms with Crippen LogP contribution in [0.2, 0.25) is 0 Å². The van der Waals surface area contributed by atoms with Gasteiger partial charge in [0.05, 0.1) is 10.2 Å². The third-order valence-corrected chi connectivity index (χ3v) is 5.01. The lowest BCUT2D eigenvalue weighted by molar-refractivity contribution is 1.14. The minimum atomic E-state index is 0.568. The van der Waals surface area contributed by atoms with Crippen molar-refractivity contribution in [3.63, 3.8) is 0 Å². The summed E-state index contributed by atoms with van der Waals surface area (Å²) in [6.45, 7) is 6.36. The largest absolute Gasteiger partial charge is 0.332 e. The molecule has 0 amide bonds. The Hall–Kier alpha value is -1.98. The zero-order valence-corrected chi connectivity index (χ0v) is 15.1. The molecule has 23 heavy (non-hydrogen) atoms. The number of thiocarbonyl (C=S) groups is 1. The second kappa shape index (κ2) is 6.64. The van der Waals surface area contributed by atoms with Gasteiger partial charge in [0.25, 0.3) is 0 Å². The second-order valence-corrected chi connectivity index (χ2v) is 6.95. The fourth-order valence-electron chi connectivity index (χ4n) is 2.43. The smallest absolute Gasteiger partial charge is 0.190 e. The molecule has 0 atom stereocenters. The summed E-state index contributed by atoms with van der Waals surface area (Å²) < 4.78 is 1.17. The summed E-state index contributed by atoms with van der Waals surface area (Å²) >= 11 is 7.05. The SMILES string of the molecule is CCc1ccccc1NC(=S)Nc1nc2cc(C)c(C)cc2s1. The molecule has 0 saturated heterocycles. The molecule has 3 aromatic rings. The third-order valence-electron chi connectivity index (χ3n) is 3.87. The Kier molecular flexibility index (Phi) is 4.59. The molecule has 1 heterocycles. The molecule has 0 aliphatic heterocycles. The molecule has 0 spiro atoms. The van der Waals surface area contributed by atoms with Gasteiger partial charge in [0.15, 0.2) is 10.2 Å². The molecule has 5 heteroatoms. The van der Waals surface area contributed by atoms with E-state index >= 15 is 0 Å². The van der Waals surface area contributed by atoms with Crippen molar-refractivity contribution in [1.82, 2.24) is 4.98 Å². The van der Waals surface area contributed by atoms with Crippen LogP contribution in [0, 0.1) is 13.8 Å². The number of nitrogens with zero attached hydrogens (tertiary/aromatic N) is 1. The molecule has 0 aliphatic carbocycles. The maximum absolute atomic E-state index is 5.43. The van der Waals surface area contributed by atoms with Gasteiger partial charge in [0.1, 0.15) is 0 Å². The zero-order chi connectivity index (χ0) is 16.4. The van der Waals surface area contributed by atoms with E-state index in [0.717, 1.165) is 22.8 Å². The maximum atomic E-state index is 5.43. The fraction of sp³-hybridized carbons (Fsp3) is 0.222. The maximum Gasteiger partial charge on any atom is 0.190 e. The van der Waals surface area contributed by atoms with E-state index in [0.29, 0.717) is 5.11 Å². The van der Waals surface area contributed by atoms with Crippen LogP contribution in [-0.2, 0) is 6.42 Å². The molecule has 2 aromatic carbocycles. The standard InChI is InChI=1S/C18H19N3S2/c1-4-13-7-5-6-8-14(13)19-17(22)21-18-20-15-9-11(2)12(3)10-16(15)23-18/h5-10H,4H2,1-3H3,(H2,19,20,21,22). The topological polar surface area (TPSA) is 37.0 Å². The fourth-order valence-corrected chi connectivity index (χ4v) is 3.66. The minimum Gasteiger partial charge on any atom is -0.332 e. The van der Waals surface area contributed by atoms with E-state index in [2.05, 4.69) is 54.6 Å². The monoisotopic (exact) mass is 341 g/mol. The molecule has 3 rings (SSSR count). The van der Waals surface area contributed by atoms with Crippen molar-refractivity contribution in [3.05, 3.63) is 53.1 Å². The number of thiazole rings is 1. The van der Waals surface area contributed by atoms with E-state index in [9.17, 15) is 0 Å². The normalized spacial score (nSPS) is 10.7. The first-order valence-corrected chi connectivity index (χ1v) is 8.83. The van der Waals surface area contributed by atoms with Crippen LogP contribution >= 0.6 is 23.6 Å². The molecular formula is C18H19N3S2. The first-order chi connectivity index (χ1) is 11.1. The predicted molar refractivity (Wildman–Crippen MR) is 105 cm³/mol. The average Bonchev–Trinajstić information content (AvgIpc) is 2.89. The highest BCUT2D eigenvalue weighted by Gasteiger charge is 2.08. The number of fused-ring (bicyclic) bond motifs is 1. The number of nitrogens with one attached hydrogen (secondary N) is 2. The quantitative estimate of drug-likeness (QED) is 0.635. The summed E-state index contributed by atoms with van der Waals surface area (Å²) in [5.41, 5.74) is 5.84. The van der Waals surface area contributed by atoms with Crippen LogP contribution in [0.4, 0.5) is 10.8 Å². The molecule has 0 unspecified atom stereocenters. The molecular weight excluding hydrogens is 322 g/mol. The summed E-state index contributed by atoms with van der Waals surface area (Å²) in [5, 5.41) is 7.85. The Balaban J connectivity index is 1.77. The lowest BCUT2D eigenvalue weighted by Crippen LogP contribution is -2.19. The lowest BCUT2D eigenvalue weighted by Gasteiger charge is -2.11. The Labute approximate surface area is 145 Å². The summed E-state index contributed by atoms with van der Waals surface area (Å²) in [5.74, 6) is 0. The van der Waals surface area contributed by atoms with Crippen molar-refractivity contribution >= 4 is 49.7 Å². The van der Waals surface area contributed by atoms with Gasteiger partial charge in [-0.3, -0.25) is 0 Å². The first kappa shape index (κ1) is 15.9. The third kappa shape index (κ3) is 3.51. The van der Waals surface area contributed by atoms with Crippen LogP contribution in [-0.4, -0.2) is 10.1 Å². The Bertz CT molecular complexity index is 829. The number of aromatic nitrogens is 1. The minimum absolute atomic E-state index is 0.568. The van der Waals surface area contributed by atoms with Gasteiger partial charge in [-0.2, -0.15) is 0 Å². The van der Waals surface area contributed by atoms with Crippen molar-refractivity contribution in [2.24, 2.45) is 0 Å². The van der Waals surface area contributed by atoms with Crippen LogP contribution in [0.25, 0.3) is 10.2 Å². The highest BCUT2D eigenvalue weighted by molar-refractivity contribution is 7.80. The van der Waals surface area contributed by atoms with Gasteiger partial charge in [-0.15, -0.1) is 0 Å². The van der Waals surface area contributed by atoms with Gasteiger partial charge >= 0.3 is 0 Å². The zero-order valence-electron chi connectivity index (χ0n) is 13.4. The summed E-state index contributed by atoms with van der Waals surface area (Å²) in [7, 11) is 0. The summed E-state index contributed by atoms with van der Waals surface area (Å²) in [6.07, 6.45) is 0.964. The number of benzene rings is 2. The Morgan fingerprint density at radius 3 is 2.65 bits per heavy atom. The predicted octanol–water partition coefficient (Wildman–Crippen LogP) is 5.28. The van der Waals surface area contributed by atoms with E-state index in [1.54, 1.807) is 11.3 Å². The molecule has 0 saturated carbocycles. The van der Waals surface area contributed by atoms with Crippen molar-refractivity contribution in [2.75, 3.05) is 10.6 Å². The number of anilines is 2. The number of para-hydroxylation sites is 1. The average molecular weight is 342 g/mol. The van der Waals surface area contributed by atoms with Crippen LogP contribution in [0.1, 0.15) is 23.6 Å². The van der Waals surface area contributed by atoms with Gasteiger partial charge in [0.2, 0.25) is 0 Å². The van der Waals surface area contributed by atoms with Crippen molar-refractivity contribution in [1.29, 1.82) is 0 Å². The molecule has 0 aliphatic rings. The summed E-state index contributed by atoms with van der Waals surface area (Å²) in [4.78, 5) is 4.62. The van der Waals surface area contributed by atoms with Gasteiger partial charge in [-0.1, -0.05) is 36.5 Å². The number of hydrogen-bond donors (Lipinski definition) is 2. The van der Waals surface area contributed by atoms with E-state index < -0.39 is 0 Å². The molecule has 1 aromatic heterocycles. The van der Waals surface area contributed by atoms with Gasteiger partial charge in [0, 0.05) is 5.69 Å². The van der Waals surface area contributed by atoms with E-state index in [4.69, 9.17) is 12.2 Å². The highest BCUT2D eigenvalue weighted by atomic mass is 32.1. The van der Waals surface area contributed by atoms with Crippen LogP contribution in [0.5, 0.6) is 0 Å². The van der Waals surface area contributed by atoms with Crippen LogP contribution < -0.4 is 10.6 Å². The number of hydrogen-bond acceptors (Lipinski definition) is 3. The molecule has 118 valence electrons. The first-order valence-electron chi connectivity index (χ1n) is 7.60. The van der Waals surface area contributed by atoms with Crippen molar-refractivity contribution in [2.45, 2.75) is 27.2 Å². The van der Waals surface area contributed by atoms with E-state index in [1.165, 1.54) is 21.4 Å². The molecule has 3 nitrogen and oxygen atoms in total. The second-order valence-electron chi connectivity index (χ2n) is 5.51. The number of aryl methyl sites for hydroxylation is 3. The molecule has 2 N–H and O–H groups in total. The number of rotatable bonds is 3. The van der Waals surface area contributed by atoms with Crippen molar-refractivity contribution < 1.29 is 0 Å². The lowest BCUT2D eigenvalue weighted by atomic mass is 10.1. The van der Waals surface area contributed by atoms with Crippen molar-refractivity contribution in [3.8, 4) is 0 Å². The molecule has 0 bridgehead atoms. The van der Waals surface area contributed by atoms with Gasteiger partial charge < -0.3 is 10.6 Å². The van der Waals surface area contributed by atoms with Crippen LogP contribution in [0.15, 0.2) is 36.4 Å². The van der Waals surface area contributed by atoms with Gasteiger partial charge in [-0.05, 0) is 67.4 Å². The molecule has 0 radical (unpaired) electrons. The van der Waals surface area contributed by atoms with E-state index in [-0.39, 0.29) is 0 Å². The Morgan fingerprint density at radius 2 is 1.87 bits per heavy atom. The van der Waals surface area contributed by atoms with Crippen LogP contribution in [0.3, 0.4) is 0 Å².